The van der Waals surface area contributed by atoms with Crippen molar-refractivity contribution in [2.75, 3.05) is 20.1 Å². The molecule has 1 aliphatic heterocycles. The predicted molar refractivity (Wildman–Crippen MR) is 93.8 cm³/mol. The van der Waals surface area contributed by atoms with Crippen molar-refractivity contribution in [2.45, 2.75) is 25.7 Å². The standard InChI is InChI=1S/C19H21N3O2/c1-13-11-18(23)24-17-12-15(3-4-16(13)17)22-10-7-20-19(22)14-5-8-21(2)9-6-14/h3-4,7,10-12,14H,5-6,8-9H2,1-2H3. The first-order valence-electron chi connectivity index (χ1n) is 8.38. The summed E-state index contributed by atoms with van der Waals surface area (Å²) in [6.45, 7) is 4.13. The first-order valence-corrected chi connectivity index (χ1v) is 8.38. The van der Waals surface area contributed by atoms with E-state index in [2.05, 4.69) is 27.6 Å². The summed E-state index contributed by atoms with van der Waals surface area (Å²) in [5, 5.41) is 0.972. The Bertz CT molecular complexity index is 933. The van der Waals surface area contributed by atoms with Gasteiger partial charge in [0.15, 0.2) is 0 Å². The third-order valence-corrected chi connectivity index (χ3v) is 4.97. The van der Waals surface area contributed by atoms with E-state index in [1.54, 1.807) is 0 Å². The number of fused-ring (bicyclic) bond motifs is 1. The molecule has 0 N–H and O–H groups in total. The van der Waals surface area contributed by atoms with Crippen molar-refractivity contribution in [3.05, 3.63) is 58.5 Å². The average Bonchev–Trinajstić information content (AvgIpc) is 3.04. The molecule has 1 aliphatic rings. The van der Waals surface area contributed by atoms with Gasteiger partial charge in [-0.3, -0.25) is 0 Å². The van der Waals surface area contributed by atoms with Crippen molar-refractivity contribution in [2.24, 2.45) is 0 Å². The van der Waals surface area contributed by atoms with Crippen LogP contribution in [-0.2, 0) is 0 Å². The highest BCUT2D eigenvalue weighted by Crippen LogP contribution is 2.29. The summed E-state index contributed by atoms with van der Waals surface area (Å²) in [6, 6.07) is 7.55. The van der Waals surface area contributed by atoms with E-state index < -0.39 is 0 Å². The summed E-state index contributed by atoms with van der Waals surface area (Å²) >= 11 is 0. The Morgan fingerprint density at radius 1 is 1.21 bits per heavy atom. The molecule has 0 bridgehead atoms. The van der Waals surface area contributed by atoms with Crippen molar-refractivity contribution in [3.63, 3.8) is 0 Å². The smallest absolute Gasteiger partial charge is 0.336 e. The minimum atomic E-state index is -0.307. The lowest BCUT2D eigenvalue weighted by Gasteiger charge is -2.28. The zero-order chi connectivity index (χ0) is 16.7. The topological polar surface area (TPSA) is 51.3 Å². The number of aromatic nitrogens is 2. The van der Waals surface area contributed by atoms with Crippen LogP contribution in [0.25, 0.3) is 16.7 Å². The molecule has 1 aromatic carbocycles. The molecule has 2 aromatic heterocycles. The van der Waals surface area contributed by atoms with Crippen molar-refractivity contribution in [3.8, 4) is 5.69 Å². The lowest BCUT2D eigenvalue weighted by atomic mass is 9.96. The molecule has 0 radical (unpaired) electrons. The van der Waals surface area contributed by atoms with Crippen LogP contribution in [0.15, 0.2) is 45.9 Å². The third-order valence-electron chi connectivity index (χ3n) is 4.97. The Morgan fingerprint density at radius 2 is 2.00 bits per heavy atom. The van der Waals surface area contributed by atoms with Gasteiger partial charge in [-0.05, 0) is 57.6 Å². The zero-order valence-corrected chi connectivity index (χ0v) is 14.0. The van der Waals surface area contributed by atoms with Gasteiger partial charge in [-0.15, -0.1) is 0 Å². The summed E-state index contributed by atoms with van der Waals surface area (Å²) in [7, 11) is 2.16. The van der Waals surface area contributed by atoms with E-state index >= 15 is 0 Å². The van der Waals surface area contributed by atoms with Gasteiger partial charge in [0, 0.05) is 35.8 Å². The number of likely N-dealkylation sites (tertiary alicyclic amines) is 1. The maximum Gasteiger partial charge on any atom is 0.336 e. The minimum Gasteiger partial charge on any atom is -0.423 e. The highest BCUT2D eigenvalue weighted by molar-refractivity contribution is 5.81. The second kappa shape index (κ2) is 5.91. The van der Waals surface area contributed by atoms with Crippen LogP contribution in [0.2, 0.25) is 0 Å². The predicted octanol–water partition coefficient (Wildman–Crippen LogP) is 3.10. The van der Waals surface area contributed by atoms with Crippen LogP contribution in [0.1, 0.15) is 30.1 Å². The lowest BCUT2D eigenvalue weighted by molar-refractivity contribution is 0.250. The molecule has 4 rings (SSSR count). The van der Waals surface area contributed by atoms with Gasteiger partial charge in [-0.1, -0.05) is 0 Å². The van der Waals surface area contributed by atoms with E-state index in [1.807, 2.05) is 31.5 Å². The number of nitrogens with zero attached hydrogens (tertiary/aromatic N) is 3. The first kappa shape index (κ1) is 15.1. The molecule has 3 aromatic rings. The van der Waals surface area contributed by atoms with Gasteiger partial charge in [-0.25, -0.2) is 9.78 Å². The maximum atomic E-state index is 11.7. The highest BCUT2D eigenvalue weighted by Gasteiger charge is 2.22. The van der Waals surface area contributed by atoms with Gasteiger partial charge >= 0.3 is 5.63 Å². The van der Waals surface area contributed by atoms with Crippen LogP contribution in [-0.4, -0.2) is 34.6 Å². The molecule has 1 fully saturated rings. The number of piperidine rings is 1. The van der Waals surface area contributed by atoms with Crippen LogP contribution in [0, 0.1) is 6.92 Å². The van der Waals surface area contributed by atoms with Gasteiger partial charge in [0.05, 0.1) is 5.69 Å². The van der Waals surface area contributed by atoms with Gasteiger partial charge in [0.2, 0.25) is 0 Å². The fraction of sp³-hybridized carbons (Fsp3) is 0.368. The van der Waals surface area contributed by atoms with Crippen LogP contribution in [0.4, 0.5) is 0 Å². The van der Waals surface area contributed by atoms with E-state index in [0.717, 1.165) is 48.4 Å². The largest absolute Gasteiger partial charge is 0.423 e. The number of imidazole rings is 1. The molecule has 24 heavy (non-hydrogen) atoms. The van der Waals surface area contributed by atoms with Gasteiger partial charge < -0.3 is 13.9 Å². The minimum absolute atomic E-state index is 0.307. The van der Waals surface area contributed by atoms with Crippen LogP contribution in [0.3, 0.4) is 0 Å². The van der Waals surface area contributed by atoms with Crippen LogP contribution in [0.5, 0.6) is 0 Å². The zero-order valence-electron chi connectivity index (χ0n) is 14.0. The maximum absolute atomic E-state index is 11.7. The molecule has 0 unspecified atom stereocenters. The average molecular weight is 323 g/mol. The number of benzene rings is 1. The monoisotopic (exact) mass is 323 g/mol. The van der Waals surface area contributed by atoms with Gasteiger partial charge in [0.1, 0.15) is 11.4 Å². The summed E-state index contributed by atoms with van der Waals surface area (Å²) in [4.78, 5) is 18.6. The quantitative estimate of drug-likeness (QED) is 0.680. The second-order valence-electron chi connectivity index (χ2n) is 6.66. The van der Waals surface area contributed by atoms with Crippen LogP contribution < -0.4 is 5.63 Å². The molecule has 1 saturated heterocycles. The molecule has 124 valence electrons. The third kappa shape index (κ3) is 2.65. The number of hydrogen-bond acceptors (Lipinski definition) is 4. The van der Waals surface area contributed by atoms with Crippen molar-refractivity contribution in [1.29, 1.82) is 0 Å². The molecular weight excluding hydrogens is 302 g/mol. The molecule has 3 heterocycles. The molecular formula is C19H21N3O2. The van der Waals surface area contributed by atoms with E-state index in [-0.39, 0.29) is 5.63 Å². The Labute approximate surface area is 140 Å². The van der Waals surface area contributed by atoms with Crippen molar-refractivity contribution >= 4 is 11.0 Å². The molecule has 5 heteroatoms. The van der Waals surface area contributed by atoms with E-state index in [0.29, 0.717) is 11.5 Å². The van der Waals surface area contributed by atoms with Crippen molar-refractivity contribution in [1.82, 2.24) is 14.5 Å². The van der Waals surface area contributed by atoms with Gasteiger partial charge in [-0.2, -0.15) is 0 Å². The SMILES string of the molecule is Cc1cc(=O)oc2cc(-n3ccnc3C3CCN(C)CC3)ccc12. The summed E-state index contributed by atoms with van der Waals surface area (Å²) in [5.41, 5.74) is 2.25. The van der Waals surface area contributed by atoms with Crippen LogP contribution >= 0.6 is 0 Å². The fourth-order valence-corrected chi connectivity index (χ4v) is 3.57. The van der Waals surface area contributed by atoms with Crippen molar-refractivity contribution < 1.29 is 4.42 Å². The number of hydrogen-bond donors (Lipinski definition) is 0. The Balaban J connectivity index is 1.76. The van der Waals surface area contributed by atoms with E-state index in [1.165, 1.54) is 6.07 Å². The summed E-state index contributed by atoms with van der Waals surface area (Å²) < 4.78 is 7.51. The molecule has 0 atom stereocenters. The Hall–Kier alpha value is -2.40. The molecule has 0 spiro atoms. The molecule has 0 aliphatic carbocycles. The fourth-order valence-electron chi connectivity index (χ4n) is 3.57. The number of aryl methyl sites for hydroxylation is 1. The molecule has 5 nitrogen and oxygen atoms in total. The molecule has 0 saturated carbocycles. The Morgan fingerprint density at radius 3 is 2.79 bits per heavy atom. The molecule has 0 amide bonds. The van der Waals surface area contributed by atoms with Gasteiger partial charge in [0.25, 0.3) is 0 Å². The first-order chi connectivity index (χ1) is 11.6. The highest BCUT2D eigenvalue weighted by atomic mass is 16.4. The second-order valence-corrected chi connectivity index (χ2v) is 6.66. The normalized spacial score (nSPS) is 16.8. The Kier molecular flexibility index (Phi) is 3.73. The summed E-state index contributed by atoms with van der Waals surface area (Å²) in [6.07, 6.45) is 6.08. The summed E-state index contributed by atoms with van der Waals surface area (Å²) in [5.74, 6) is 1.56. The lowest BCUT2D eigenvalue weighted by Crippen LogP contribution is -2.30. The number of rotatable bonds is 2. The van der Waals surface area contributed by atoms with E-state index in [4.69, 9.17) is 4.42 Å². The van der Waals surface area contributed by atoms with E-state index in [9.17, 15) is 4.79 Å².